The number of pyridine rings is 1. The number of aromatic nitrogens is 1. The van der Waals surface area contributed by atoms with Gasteiger partial charge in [-0.25, -0.2) is 4.79 Å². The van der Waals surface area contributed by atoms with Crippen LogP contribution in [-0.4, -0.2) is 59.9 Å². The van der Waals surface area contributed by atoms with Crippen LogP contribution in [0.5, 0.6) is 0 Å². The highest BCUT2D eigenvalue weighted by atomic mass is 16.6. The van der Waals surface area contributed by atoms with Crippen molar-refractivity contribution in [3.63, 3.8) is 0 Å². The first-order valence-electron chi connectivity index (χ1n) is 7.89. The lowest BCUT2D eigenvalue weighted by Crippen LogP contribution is -2.36. The van der Waals surface area contributed by atoms with Crippen molar-refractivity contribution in [2.75, 3.05) is 27.2 Å². The Bertz CT molecular complexity index is 577. The maximum atomic E-state index is 12.4. The predicted octanol–water partition coefficient (Wildman–Crippen LogP) is 2.75. The molecule has 132 valence electrons. The minimum absolute atomic E-state index is 0.281. The molecule has 1 amide bonds. The van der Waals surface area contributed by atoms with Crippen molar-refractivity contribution in [3.05, 3.63) is 41.7 Å². The van der Waals surface area contributed by atoms with Gasteiger partial charge in [0.25, 0.3) is 0 Å². The molecule has 1 rings (SSSR count). The van der Waals surface area contributed by atoms with Gasteiger partial charge in [0.1, 0.15) is 11.9 Å². The first-order valence-corrected chi connectivity index (χ1v) is 7.89. The van der Waals surface area contributed by atoms with Gasteiger partial charge in [0.15, 0.2) is 0 Å². The lowest BCUT2D eigenvalue weighted by atomic mass is 10.2. The summed E-state index contributed by atoms with van der Waals surface area (Å²) in [6, 6.07) is 3.30. The van der Waals surface area contributed by atoms with Gasteiger partial charge in [0.2, 0.25) is 0 Å². The molecule has 0 saturated heterocycles. The fourth-order valence-corrected chi connectivity index (χ4v) is 1.87. The van der Waals surface area contributed by atoms with Crippen molar-refractivity contribution in [3.8, 4) is 0 Å². The summed E-state index contributed by atoms with van der Waals surface area (Å²) in [5.41, 5.74) is 0.611. The van der Waals surface area contributed by atoms with E-state index < -0.39 is 11.7 Å². The average Bonchev–Trinajstić information content (AvgIpc) is 2.48. The monoisotopic (exact) mass is 333 g/mol. The van der Waals surface area contributed by atoms with E-state index >= 15 is 0 Å². The Kier molecular flexibility index (Phi) is 7.58. The summed E-state index contributed by atoms with van der Waals surface area (Å²) in [4.78, 5) is 31.1. The molecule has 0 aliphatic rings. The van der Waals surface area contributed by atoms with E-state index in [1.807, 2.05) is 51.9 Å². The average molecular weight is 333 g/mol. The number of carbonyl (C=O) groups excluding carboxylic acids is 2. The second-order valence-corrected chi connectivity index (χ2v) is 6.79. The Morgan fingerprint density at radius 3 is 2.50 bits per heavy atom. The smallest absolute Gasteiger partial charge is 0.410 e. The van der Waals surface area contributed by atoms with Gasteiger partial charge in [-0.3, -0.25) is 14.7 Å². The van der Waals surface area contributed by atoms with Crippen molar-refractivity contribution in [2.24, 2.45) is 0 Å². The molecule has 1 aromatic rings. The van der Waals surface area contributed by atoms with E-state index in [2.05, 4.69) is 4.98 Å². The number of amides is 1. The van der Waals surface area contributed by atoms with Crippen molar-refractivity contribution >= 4 is 12.4 Å². The Morgan fingerprint density at radius 2 is 1.92 bits per heavy atom. The minimum Gasteiger partial charge on any atom is -0.444 e. The third kappa shape index (κ3) is 7.87. The van der Waals surface area contributed by atoms with Gasteiger partial charge in [-0.1, -0.05) is 12.2 Å². The van der Waals surface area contributed by atoms with Crippen LogP contribution in [0.2, 0.25) is 0 Å². The molecule has 24 heavy (non-hydrogen) atoms. The van der Waals surface area contributed by atoms with E-state index in [1.54, 1.807) is 23.2 Å². The standard InChI is InChI=1S/C18H27N3O3/c1-18(2,3)24-17(23)21(11-7-6-10-20(4)5)13-16-12-15(14-22)8-9-19-16/h6-9,12,14H,10-11,13H2,1-5H3. The van der Waals surface area contributed by atoms with Gasteiger partial charge in [0, 0.05) is 24.8 Å². The Labute approximate surface area is 144 Å². The van der Waals surface area contributed by atoms with Gasteiger partial charge in [-0.05, 0) is 47.0 Å². The lowest BCUT2D eigenvalue weighted by molar-refractivity contribution is 0.0254. The molecule has 1 heterocycles. The van der Waals surface area contributed by atoms with Gasteiger partial charge in [-0.15, -0.1) is 0 Å². The van der Waals surface area contributed by atoms with Crippen LogP contribution < -0.4 is 0 Å². The normalized spacial score (nSPS) is 11.8. The van der Waals surface area contributed by atoms with Crippen LogP contribution in [0.4, 0.5) is 4.79 Å². The number of carbonyl (C=O) groups is 2. The Morgan fingerprint density at radius 1 is 1.25 bits per heavy atom. The van der Waals surface area contributed by atoms with Crippen molar-refractivity contribution < 1.29 is 14.3 Å². The number of likely N-dealkylation sites (N-methyl/N-ethyl adjacent to an activating group) is 1. The summed E-state index contributed by atoms with van der Waals surface area (Å²) in [6.07, 6.45) is 5.84. The molecule has 0 aliphatic carbocycles. The Balaban J connectivity index is 2.84. The maximum absolute atomic E-state index is 12.4. The molecule has 0 aromatic carbocycles. The molecule has 1 aromatic heterocycles. The van der Waals surface area contributed by atoms with E-state index in [-0.39, 0.29) is 6.54 Å². The van der Waals surface area contributed by atoms with E-state index in [9.17, 15) is 9.59 Å². The molecule has 0 saturated carbocycles. The fourth-order valence-electron chi connectivity index (χ4n) is 1.87. The second-order valence-electron chi connectivity index (χ2n) is 6.79. The molecule has 6 heteroatoms. The van der Waals surface area contributed by atoms with Gasteiger partial charge < -0.3 is 9.64 Å². The largest absolute Gasteiger partial charge is 0.444 e. The van der Waals surface area contributed by atoms with Crippen LogP contribution in [0.1, 0.15) is 36.8 Å². The molecule has 0 N–H and O–H groups in total. The predicted molar refractivity (Wildman–Crippen MR) is 94.0 cm³/mol. The fraction of sp³-hybridized carbons (Fsp3) is 0.500. The zero-order chi connectivity index (χ0) is 18.2. The molecule has 0 aliphatic heterocycles. The summed E-state index contributed by atoms with van der Waals surface area (Å²) < 4.78 is 5.45. The first-order chi connectivity index (χ1) is 11.2. The van der Waals surface area contributed by atoms with Crippen molar-refractivity contribution in [1.29, 1.82) is 0 Å². The van der Waals surface area contributed by atoms with E-state index in [1.165, 1.54) is 0 Å². The molecule has 6 nitrogen and oxygen atoms in total. The topological polar surface area (TPSA) is 62.7 Å². The van der Waals surface area contributed by atoms with E-state index in [0.29, 0.717) is 17.8 Å². The molecule has 0 fully saturated rings. The molecule has 0 bridgehead atoms. The summed E-state index contributed by atoms with van der Waals surface area (Å²) >= 11 is 0. The second kappa shape index (κ2) is 9.17. The van der Waals surface area contributed by atoms with E-state index in [4.69, 9.17) is 4.74 Å². The van der Waals surface area contributed by atoms with Crippen LogP contribution in [0.15, 0.2) is 30.5 Å². The highest BCUT2D eigenvalue weighted by Gasteiger charge is 2.22. The van der Waals surface area contributed by atoms with Crippen LogP contribution >= 0.6 is 0 Å². The zero-order valence-corrected chi connectivity index (χ0v) is 15.2. The minimum atomic E-state index is -0.569. The third-order valence-corrected chi connectivity index (χ3v) is 2.94. The number of aldehydes is 1. The summed E-state index contributed by atoms with van der Waals surface area (Å²) in [5, 5.41) is 0. The SMILES string of the molecule is CN(C)CC=CCN(Cc1cc(C=O)ccn1)C(=O)OC(C)(C)C. The third-order valence-electron chi connectivity index (χ3n) is 2.94. The summed E-state index contributed by atoms with van der Waals surface area (Å²) in [7, 11) is 3.95. The summed E-state index contributed by atoms with van der Waals surface area (Å²) in [6.45, 7) is 6.97. The van der Waals surface area contributed by atoms with Crippen LogP contribution in [0.3, 0.4) is 0 Å². The van der Waals surface area contributed by atoms with Gasteiger partial charge in [-0.2, -0.15) is 0 Å². The van der Waals surface area contributed by atoms with Crippen molar-refractivity contribution in [2.45, 2.75) is 32.9 Å². The molecule has 0 unspecified atom stereocenters. The zero-order valence-electron chi connectivity index (χ0n) is 15.2. The number of nitrogens with zero attached hydrogens (tertiary/aromatic N) is 3. The number of hydrogen-bond donors (Lipinski definition) is 0. The maximum Gasteiger partial charge on any atom is 0.410 e. The van der Waals surface area contributed by atoms with Gasteiger partial charge in [0.05, 0.1) is 12.2 Å². The molecular formula is C18H27N3O3. The number of ether oxygens (including phenoxy) is 1. The number of hydrogen-bond acceptors (Lipinski definition) is 5. The Hall–Kier alpha value is -2.21. The van der Waals surface area contributed by atoms with Crippen LogP contribution in [0, 0.1) is 0 Å². The highest BCUT2D eigenvalue weighted by Crippen LogP contribution is 2.12. The lowest BCUT2D eigenvalue weighted by Gasteiger charge is -2.26. The molecular weight excluding hydrogens is 306 g/mol. The summed E-state index contributed by atoms with van der Waals surface area (Å²) in [5.74, 6) is 0. The highest BCUT2D eigenvalue weighted by molar-refractivity contribution is 5.74. The number of rotatable bonds is 7. The first kappa shape index (κ1) is 19.8. The van der Waals surface area contributed by atoms with E-state index in [0.717, 1.165) is 12.8 Å². The molecule has 0 atom stereocenters. The van der Waals surface area contributed by atoms with Crippen LogP contribution in [-0.2, 0) is 11.3 Å². The van der Waals surface area contributed by atoms with Crippen molar-refractivity contribution in [1.82, 2.24) is 14.8 Å². The molecule has 0 spiro atoms. The molecule has 0 radical (unpaired) electrons. The van der Waals surface area contributed by atoms with Gasteiger partial charge >= 0.3 is 6.09 Å². The quantitative estimate of drug-likeness (QED) is 0.567. The van der Waals surface area contributed by atoms with Crippen LogP contribution in [0.25, 0.3) is 0 Å².